The standard InChI is InChI=1S/C13H20N2O/c1-10-8-11-4-2-3-5-13(11)15(10)7-6-12(16)9-14/h2-5,10,12,16H,6-9,14H2,1H3. The van der Waals surface area contributed by atoms with E-state index < -0.39 is 0 Å². The zero-order valence-corrected chi connectivity index (χ0v) is 9.76. The third-order valence-electron chi connectivity index (χ3n) is 3.32. The van der Waals surface area contributed by atoms with Crippen LogP contribution in [0.4, 0.5) is 5.69 Å². The Morgan fingerprint density at radius 1 is 1.50 bits per heavy atom. The Morgan fingerprint density at radius 3 is 3.00 bits per heavy atom. The number of nitrogens with zero attached hydrogens (tertiary/aromatic N) is 1. The molecule has 1 heterocycles. The molecule has 3 N–H and O–H groups in total. The average Bonchev–Trinajstić information content (AvgIpc) is 2.62. The molecular formula is C13H20N2O. The number of hydrogen-bond acceptors (Lipinski definition) is 3. The lowest BCUT2D eigenvalue weighted by Crippen LogP contribution is -2.33. The summed E-state index contributed by atoms with van der Waals surface area (Å²) in [6, 6.07) is 9.04. The molecule has 0 saturated heterocycles. The smallest absolute Gasteiger partial charge is 0.0679 e. The largest absolute Gasteiger partial charge is 0.392 e. The van der Waals surface area contributed by atoms with Crippen LogP contribution in [0, 0.1) is 0 Å². The monoisotopic (exact) mass is 220 g/mol. The zero-order valence-electron chi connectivity index (χ0n) is 9.76. The van der Waals surface area contributed by atoms with E-state index in [1.807, 2.05) is 0 Å². The molecule has 0 saturated carbocycles. The number of para-hydroxylation sites is 1. The minimum Gasteiger partial charge on any atom is -0.392 e. The second-order valence-corrected chi connectivity index (χ2v) is 4.55. The van der Waals surface area contributed by atoms with Gasteiger partial charge in [0.25, 0.3) is 0 Å². The SMILES string of the molecule is CC1Cc2ccccc2N1CCC(O)CN. The lowest BCUT2D eigenvalue weighted by atomic mass is 10.1. The molecule has 1 aromatic rings. The van der Waals surface area contributed by atoms with E-state index in [9.17, 15) is 5.11 Å². The Hall–Kier alpha value is -1.06. The first kappa shape index (κ1) is 11.4. The van der Waals surface area contributed by atoms with Crippen molar-refractivity contribution in [1.29, 1.82) is 0 Å². The van der Waals surface area contributed by atoms with Crippen molar-refractivity contribution in [3.63, 3.8) is 0 Å². The van der Waals surface area contributed by atoms with Gasteiger partial charge in [0.05, 0.1) is 6.10 Å². The van der Waals surface area contributed by atoms with Crippen LogP contribution < -0.4 is 10.6 Å². The molecule has 1 aliphatic heterocycles. The molecule has 0 spiro atoms. The van der Waals surface area contributed by atoms with E-state index in [0.717, 1.165) is 19.4 Å². The van der Waals surface area contributed by atoms with E-state index in [2.05, 4.69) is 36.1 Å². The summed E-state index contributed by atoms with van der Waals surface area (Å²) >= 11 is 0. The fourth-order valence-electron chi connectivity index (χ4n) is 2.38. The highest BCUT2D eigenvalue weighted by molar-refractivity contribution is 5.59. The van der Waals surface area contributed by atoms with Gasteiger partial charge in [-0.15, -0.1) is 0 Å². The van der Waals surface area contributed by atoms with Crippen molar-refractivity contribution in [2.75, 3.05) is 18.0 Å². The van der Waals surface area contributed by atoms with Crippen molar-refractivity contribution >= 4 is 5.69 Å². The number of aliphatic hydroxyl groups is 1. The molecule has 16 heavy (non-hydrogen) atoms. The van der Waals surface area contributed by atoms with Gasteiger partial charge in [-0.05, 0) is 31.4 Å². The van der Waals surface area contributed by atoms with Crippen molar-refractivity contribution in [1.82, 2.24) is 0 Å². The Bertz CT molecular complexity index is 354. The number of anilines is 1. The fraction of sp³-hybridized carbons (Fsp3) is 0.538. The van der Waals surface area contributed by atoms with Crippen molar-refractivity contribution in [2.45, 2.75) is 31.9 Å². The molecular weight excluding hydrogens is 200 g/mol. The maximum absolute atomic E-state index is 9.50. The van der Waals surface area contributed by atoms with Gasteiger partial charge in [-0.2, -0.15) is 0 Å². The first-order valence-corrected chi connectivity index (χ1v) is 5.95. The van der Waals surface area contributed by atoms with Gasteiger partial charge in [0.15, 0.2) is 0 Å². The molecule has 0 radical (unpaired) electrons. The Balaban J connectivity index is 2.04. The van der Waals surface area contributed by atoms with Gasteiger partial charge in [-0.25, -0.2) is 0 Å². The molecule has 0 fully saturated rings. The van der Waals surface area contributed by atoms with Gasteiger partial charge in [0.1, 0.15) is 0 Å². The summed E-state index contributed by atoms with van der Waals surface area (Å²) < 4.78 is 0. The molecule has 0 bridgehead atoms. The van der Waals surface area contributed by atoms with Crippen LogP contribution in [0.25, 0.3) is 0 Å². The summed E-state index contributed by atoms with van der Waals surface area (Å²) in [5.74, 6) is 0. The van der Waals surface area contributed by atoms with E-state index in [0.29, 0.717) is 12.6 Å². The van der Waals surface area contributed by atoms with Crippen molar-refractivity contribution in [3.05, 3.63) is 29.8 Å². The van der Waals surface area contributed by atoms with Crippen molar-refractivity contribution in [3.8, 4) is 0 Å². The second-order valence-electron chi connectivity index (χ2n) is 4.55. The fourth-order valence-corrected chi connectivity index (χ4v) is 2.38. The van der Waals surface area contributed by atoms with E-state index in [1.54, 1.807) is 0 Å². The maximum atomic E-state index is 9.50. The molecule has 3 heteroatoms. The van der Waals surface area contributed by atoms with Gasteiger partial charge >= 0.3 is 0 Å². The normalized spacial score (nSPS) is 20.9. The summed E-state index contributed by atoms with van der Waals surface area (Å²) in [5.41, 5.74) is 8.15. The number of benzene rings is 1. The average molecular weight is 220 g/mol. The first-order chi connectivity index (χ1) is 7.72. The molecule has 3 nitrogen and oxygen atoms in total. The highest BCUT2D eigenvalue weighted by atomic mass is 16.3. The van der Waals surface area contributed by atoms with Gasteiger partial charge in [-0.3, -0.25) is 0 Å². The predicted molar refractivity (Wildman–Crippen MR) is 66.6 cm³/mol. The summed E-state index contributed by atoms with van der Waals surface area (Å²) in [6.45, 7) is 3.47. The number of aliphatic hydroxyl groups excluding tert-OH is 1. The van der Waals surface area contributed by atoms with Crippen LogP contribution in [0.2, 0.25) is 0 Å². The van der Waals surface area contributed by atoms with Crippen LogP contribution in [0.5, 0.6) is 0 Å². The molecule has 2 unspecified atom stereocenters. The molecule has 2 atom stereocenters. The Kier molecular flexibility index (Phi) is 3.46. The van der Waals surface area contributed by atoms with E-state index >= 15 is 0 Å². The molecule has 1 aliphatic rings. The lowest BCUT2D eigenvalue weighted by molar-refractivity contribution is 0.174. The first-order valence-electron chi connectivity index (χ1n) is 5.95. The third kappa shape index (κ3) is 2.20. The molecule has 0 amide bonds. The highest BCUT2D eigenvalue weighted by Gasteiger charge is 2.25. The minimum absolute atomic E-state index is 0.351. The highest BCUT2D eigenvalue weighted by Crippen LogP contribution is 2.31. The zero-order chi connectivity index (χ0) is 11.5. The second kappa shape index (κ2) is 4.85. The molecule has 0 aliphatic carbocycles. The quantitative estimate of drug-likeness (QED) is 0.800. The van der Waals surface area contributed by atoms with Crippen LogP contribution >= 0.6 is 0 Å². The topological polar surface area (TPSA) is 49.5 Å². The number of rotatable bonds is 4. The van der Waals surface area contributed by atoms with Crippen LogP contribution in [0.3, 0.4) is 0 Å². The summed E-state index contributed by atoms with van der Waals surface area (Å²) in [4.78, 5) is 2.37. The summed E-state index contributed by atoms with van der Waals surface area (Å²) in [5, 5.41) is 9.50. The lowest BCUT2D eigenvalue weighted by Gasteiger charge is -2.25. The molecule has 0 aromatic heterocycles. The number of fused-ring (bicyclic) bond motifs is 1. The molecule has 1 aromatic carbocycles. The molecule has 2 rings (SSSR count). The van der Waals surface area contributed by atoms with E-state index in [1.165, 1.54) is 11.3 Å². The van der Waals surface area contributed by atoms with Gasteiger partial charge in [0.2, 0.25) is 0 Å². The van der Waals surface area contributed by atoms with Gasteiger partial charge in [0, 0.05) is 24.8 Å². The van der Waals surface area contributed by atoms with Crippen LogP contribution in [0.15, 0.2) is 24.3 Å². The van der Waals surface area contributed by atoms with E-state index in [-0.39, 0.29) is 6.10 Å². The molecule has 88 valence electrons. The minimum atomic E-state index is -0.375. The summed E-state index contributed by atoms with van der Waals surface area (Å²) in [6.07, 6.45) is 1.48. The Morgan fingerprint density at radius 2 is 2.25 bits per heavy atom. The number of nitrogens with two attached hydrogens (primary N) is 1. The third-order valence-corrected chi connectivity index (χ3v) is 3.32. The van der Waals surface area contributed by atoms with Gasteiger partial charge in [-0.1, -0.05) is 18.2 Å². The maximum Gasteiger partial charge on any atom is 0.0679 e. The predicted octanol–water partition coefficient (Wildman–Crippen LogP) is 1.15. The number of hydrogen-bond donors (Lipinski definition) is 2. The van der Waals surface area contributed by atoms with Crippen molar-refractivity contribution < 1.29 is 5.11 Å². The van der Waals surface area contributed by atoms with E-state index in [4.69, 9.17) is 5.73 Å². The van der Waals surface area contributed by atoms with Crippen molar-refractivity contribution in [2.24, 2.45) is 5.73 Å². The van der Waals surface area contributed by atoms with Crippen LogP contribution in [-0.4, -0.2) is 30.3 Å². The van der Waals surface area contributed by atoms with Crippen LogP contribution in [-0.2, 0) is 6.42 Å². The van der Waals surface area contributed by atoms with Gasteiger partial charge < -0.3 is 15.7 Å². The Labute approximate surface area is 96.9 Å². The summed E-state index contributed by atoms with van der Waals surface area (Å²) in [7, 11) is 0. The van der Waals surface area contributed by atoms with Crippen LogP contribution in [0.1, 0.15) is 18.9 Å².